The van der Waals surface area contributed by atoms with E-state index in [1.165, 1.54) is 17.8 Å². The minimum absolute atomic E-state index is 0.0971. The molecule has 0 fully saturated rings. The Balaban J connectivity index is 2.61. The first-order valence-corrected chi connectivity index (χ1v) is 10.4. The minimum atomic E-state index is -4.40. The third kappa shape index (κ3) is 5.46. The summed E-state index contributed by atoms with van der Waals surface area (Å²) in [6.07, 6.45) is 1.00. The van der Waals surface area contributed by atoms with Gasteiger partial charge in [0.1, 0.15) is 0 Å². The van der Waals surface area contributed by atoms with Crippen molar-refractivity contribution in [1.29, 1.82) is 0 Å². The number of aliphatic hydroxyl groups excluding tert-OH is 1. The number of rotatable bonds is 8. The molecule has 1 aromatic carbocycles. The van der Waals surface area contributed by atoms with E-state index in [-0.39, 0.29) is 12.5 Å². The van der Waals surface area contributed by atoms with Crippen molar-refractivity contribution in [2.24, 2.45) is 4.99 Å². The summed E-state index contributed by atoms with van der Waals surface area (Å²) in [6, 6.07) is 5.33. The molecule has 0 atom stereocenters. The fourth-order valence-corrected chi connectivity index (χ4v) is 4.64. The van der Waals surface area contributed by atoms with Gasteiger partial charge in [0, 0.05) is 28.9 Å². The Morgan fingerprint density at radius 3 is 2.57 bits per heavy atom. The second kappa shape index (κ2) is 10.2. The topological polar surface area (TPSA) is 37.5 Å². The molecule has 0 bridgehead atoms. The van der Waals surface area contributed by atoms with Crippen LogP contribution < -0.4 is 0 Å². The van der Waals surface area contributed by atoms with Crippen molar-refractivity contribution >= 4 is 18.5 Å². The van der Waals surface area contributed by atoms with Crippen LogP contribution in [0.25, 0.3) is 0 Å². The van der Waals surface area contributed by atoms with Crippen molar-refractivity contribution in [3.8, 4) is 0 Å². The van der Waals surface area contributed by atoms with E-state index in [2.05, 4.69) is 16.3 Å². The zero-order chi connectivity index (χ0) is 22.5. The smallest absolute Gasteiger partial charge is 0.392 e. The summed E-state index contributed by atoms with van der Waals surface area (Å²) < 4.78 is 41.6. The number of nitrogens with zero attached hydrogens (tertiary/aromatic N) is 2. The molecule has 1 heterocycles. The van der Waals surface area contributed by atoms with E-state index in [9.17, 15) is 18.3 Å². The number of benzene rings is 1. The average Bonchev–Trinajstić information content (AvgIpc) is 2.95. The van der Waals surface area contributed by atoms with Gasteiger partial charge in [0.2, 0.25) is 0 Å². The molecule has 30 heavy (non-hydrogen) atoms. The third-order valence-corrected chi connectivity index (χ3v) is 5.98. The zero-order valence-corrected chi connectivity index (χ0v) is 18.4. The lowest BCUT2D eigenvalue weighted by Gasteiger charge is -2.15. The van der Waals surface area contributed by atoms with Crippen LogP contribution in [-0.2, 0) is 19.3 Å². The van der Waals surface area contributed by atoms with Crippen LogP contribution in [0.5, 0.6) is 0 Å². The summed E-state index contributed by atoms with van der Waals surface area (Å²) in [5, 5.41) is 10.9. The summed E-state index contributed by atoms with van der Waals surface area (Å²) in [5.41, 5.74) is 2.98. The lowest BCUT2D eigenvalue weighted by Crippen LogP contribution is -2.06. The summed E-state index contributed by atoms with van der Waals surface area (Å²) in [4.78, 5) is 4.25. The highest BCUT2D eigenvalue weighted by Gasteiger charge is 2.31. The second-order valence-electron chi connectivity index (χ2n) is 7.17. The fourth-order valence-electron chi connectivity index (χ4n) is 3.30. The first-order valence-electron chi connectivity index (χ1n) is 9.59. The number of alkyl halides is 3. The Bertz CT molecular complexity index is 956. The number of hydrogen-bond acceptors (Lipinski definition) is 3. The van der Waals surface area contributed by atoms with Gasteiger partial charge in [-0.15, -0.1) is 0 Å². The highest BCUT2D eigenvalue weighted by molar-refractivity contribution is 7.99. The minimum Gasteiger partial charge on any atom is -0.392 e. The predicted octanol–water partition coefficient (Wildman–Crippen LogP) is 6.74. The summed E-state index contributed by atoms with van der Waals surface area (Å²) >= 11 is 1.29. The molecule has 0 saturated carbocycles. The lowest BCUT2D eigenvalue weighted by atomic mass is 10.0. The van der Waals surface area contributed by atoms with E-state index in [1.807, 2.05) is 39.8 Å². The first-order chi connectivity index (χ1) is 14.1. The largest absolute Gasteiger partial charge is 0.416 e. The quantitative estimate of drug-likeness (QED) is 0.367. The summed E-state index contributed by atoms with van der Waals surface area (Å²) in [6.45, 7) is 11.7. The molecule has 2 rings (SSSR count). The van der Waals surface area contributed by atoms with Gasteiger partial charge in [-0.1, -0.05) is 37.8 Å². The van der Waals surface area contributed by atoms with Gasteiger partial charge in [-0.25, -0.2) is 0 Å². The van der Waals surface area contributed by atoms with Gasteiger partial charge in [-0.05, 0) is 61.9 Å². The SMILES string of the molecule is C=N/C=C\C(=C/C)Cn1c(C)c(CO)c(C(C)C)c1Sc1cccc(C(F)(F)F)c1. The molecular weight excluding hydrogens is 409 g/mol. The Morgan fingerprint density at radius 1 is 1.33 bits per heavy atom. The molecular formula is C23H27F3N2OS. The maximum atomic E-state index is 13.2. The van der Waals surface area contributed by atoms with Crippen LogP contribution in [-0.4, -0.2) is 16.4 Å². The predicted molar refractivity (Wildman–Crippen MR) is 117 cm³/mol. The standard InChI is InChI=1S/C23H27F3N2OS/c1-6-17(10-11-27-5)13-28-16(4)20(14-29)21(15(2)3)22(28)30-19-9-7-8-18(12-19)23(24,25)26/h6-12,15,29H,5,13-14H2,1-4H3/b11-10-,17-6+. The third-order valence-electron chi connectivity index (χ3n) is 4.86. The van der Waals surface area contributed by atoms with Crippen molar-refractivity contribution in [2.75, 3.05) is 0 Å². The number of halogens is 3. The Kier molecular flexibility index (Phi) is 8.15. The average molecular weight is 437 g/mol. The van der Waals surface area contributed by atoms with Gasteiger partial charge in [-0.3, -0.25) is 4.99 Å². The number of aliphatic imine (C=N–C) groups is 1. The van der Waals surface area contributed by atoms with E-state index in [0.717, 1.165) is 39.6 Å². The van der Waals surface area contributed by atoms with Crippen LogP contribution in [0.1, 0.15) is 49.1 Å². The van der Waals surface area contributed by atoms with Crippen molar-refractivity contribution < 1.29 is 18.3 Å². The van der Waals surface area contributed by atoms with Crippen LogP contribution in [0.15, 0.2) is 63.1 Å². The van der Waals surface area contributed by atoms with Gasteiger partial charge < -0.3 is 9.67 Å². The van der Waals surface area contributed by atoms with Gasteiger partial charge in [-0.2, -0.15) is 13.2 Å². The molecule has 162 valence electrons. The fraction of sp³-hybridized carbons (Fsp3) is 0.348. The molecule has 0 radical (unpaired) electrons. The summed E-state index contributed by atoms with van der Waals surface area (Å²) in [5.74, 6) is 0.0971. The van der Waals surface area contributed by atoms with Crippen molar-refractivity contribution in [2.45, 2.75) is 62.9 Å². The highest BCUT2D eigenvalue weighted by Crippen LogP contribution is 2.41. The van der Waals surface area contributed by atoms with E-state index in [4.69, 9.17) is 0 Å². The molecule has 3 nitrogen and oxygen atoms in total. The maximum absolute atomic E-state index is 13.2. The molecule has 0 unspecified atom stereocenters. The molecule has 0 aliphatic heterocycles. The van der Waals surface area contributed by atoms with Gasteiger partial charge >= 0.3 is 6.18 Å². The summed E-state index contributed by atoms with van der Waals surface area (Å²) in [7, 11) is 0. The van der Waals surface area contributed by atoms with E-state index < -0.39 is 11.7 Å². The van der Waals surface area contributed by atoms with Crippen LogP contribution in [0.3, 0.4) is 0 Å². The monoisotopic (exact) mass is 436 g/mol. The van der Waals surface area contributed by atoms with Crippen LogP contribution in [0.2, 0.25) is 0 Å². The molecule has 0 saturated heterocycles. The van der Waals surface area contributed by atoms with Crippen molar-refractivity contribution in [3.05, 3.63) is 70.6 Å². The highest BCUT2D eigenvalue weighted by atomic mass is 32.2. The van der Waals surface area contributed by atoms with Gasteiger partial charge in [0.25, 0.3) is 0 Å². The molecule has 7 heteroatoms. The maximum Gasteiger partial charge on any atom is 0.416 e. The Labute approximate surface area is 180 Å². The van der Waals surface area contributed by atoms with Crippen molar-refractivity contribution in [1.82, 2.24) is 4.57 Å². The molecule has 0 aliphatic carbocycles. The Hall–Kier alpha value is -2.25. The molecule has 1 aromatic heterocycles. The van der Waals surface area contributed by atoms with E-state index in [0.29, 0.717) is 11.4 Å². The first kappa shape index (κ1) is 24.0. The Morgan fingerprint density at radius 2 is 2.03 bits per heavy atom. The molecule has 0 amide bonds. The molecule has 2 aromatic rings. The van der Waals surface area contributed by atoms with Crippen LogP contribution >= 0.6 is 11.8 Å². The van der Waals surface area contributed by atoms with Gasteiger partial charge in [0.05, 0.1) is 17.2 Å². The number of hydrogen-bond donors (Lipinski definition) is 1. The normalized spacial score (nSPS) is 12.9. The molecule has 0 aliphatic rings. The van der Waals surface area contributed by atoms with E-state index >= 15 is 0 Å². The lowest BCUT2D eigenvalue weighted by molar-refractivity contribution is -0.137. The zero-order valence-electron chi connectivity index (χ0n) is 17.6. The second-order valence-corrected chi connectivity index (χ2v) is 8.23. The number of aromatic nitrogens is 1. The van der Waals surface area contributed by atoms with E-state index in [1.54, 1.807) is 12.3 Å². The van der Waals surface area contributed by atoms with Crippen LogP contribution in [0, 0.1) is 6.92 Å². The molecule has 1 N–H and O–H groups in total. The molecule has 0 spiro atoms. The number of aliphatic hydroxyl groups is 1. The van der Waals surface area contributed by atoms with Gasteiger partial charge in [0.15, 0.2) is 0 Å². The van der Waals surface area contributed by atoms with Crippen molar-refractivity contribution in [3.63, 3.8) is 0 Å². The van der Waals surface area contributed by atoms with Crippen LogP contribution in [0.4, 0.5) is 13.2 Å². The number of allylic oxidation sites excluding steroid dienone is 3.